The van der Waals surface area contributed by atoms with Crippen LogP contribution < -0.4 is 15.0 Å². The van der Waals surface area contributed by atoms with E-state index in [0.717, 1.165) is 31.6 Å². The number of aromatic nitrogens is 2. The van der Waals surface area contributed by atoms with Crippen LogP contribution in [0.2, 0.25) is 0 Å². The summed E-state index contributed by atoms with van der Waals surface area (Å²) in [5, 5.41) is 0.542. The van der Waals surface area contributed by atoms with Crippen LogP contribution in [0.1, 0.15) is 44.0 Å². The average molecular weight is 454 g/mol. The van der Waals surface area contributed by atoms with Crippen LogP contribution in [-0.2, 0) is 0 Å². The lowest BCUT2D eigenvalue weighted by Gasteiger charge is -2.26. The molecule has 176 valence electrons. The number of benzene rings is 2. The van der Waals surface area contributed by atoms with E-state index >= 15 is 0 Å². The molecule has 1 unspecified atom stereocenters. The first kappa shape index (κ1) is 23.2. The molecular formula is C26H32FN3O3. The van der Waals surface area contributed by atoms with Crippen molar-refractivity contribution in [2.45, 2.75) is 52.8 Å². The van der Waals surface area contributed by atoms with Crippen molar-refractivity contribution < 1.29 is 13.9 Å². The summed E-state index contributed by atoms with van der Waals surface area (Å²) in [6.07, 6.45) is 3.25. The third-order valence-corrected chi connectivity index (χ3v) is 6.07. The van der Waals surface area contributed by atoms with Gasteiger partial charge in [-0.05, 0) is 70.0 Å². The minimum Gasteiger partial charge on any atom is -0.493 e. The maximum absolute atomic E-state index is 13.9. The molecule has 0 N–H and O–H groups in total. The Morgan fingerprint density at radius 3 is 2.67 bits per heavy atom. The monoisotopic (exact) mass is 453 g/mol. The SMILES string of the molecule is Cc1cccc2nc(C)n(-c3ccc(OCCCN4CCCCC4)cc3OC(C)F)c(=O)c12. The van der Waals surface area contributed by atoms with Crippen molar-refractivity contribution in [2.75, 3.05) is 26.2 Å². The van der Waals surface area contributed by atoms with Crippen LogP contribution in [0, 0.1) is 13.8 Å². The molecule has 6 nitrogen and oxygen atoms in total. The molecule has 1 saturated heterocycles. The molecule has 2 aromatic carbocycles. The smallest absolute Gasteiger partial charge is 0.266 e. The number of aryl methyl sites for hydroxylation is 2. The lowest BCUT2D eigenvalue weighted by Crippen LogP contribution is -2.31. The van der Waals surface area contributed by atoms with E-state index in [4.69, 9.17) is 9.47 Å². The molecule has 0 spiro atoms. The van der Waals surface area contributed by atoms with Gasteiger partial charge in [0.05, 0.1) is 23.2 Å². The molecule has 1 aliphatic heterocycles. The number of rotatable bonds is 8. The zero-order valence-corrected chi connectivity index (χ0v) is 19.6. The van der Waals surface area contributed by atoms with E-state index in [2.05, 4.69) is 9.88 Å². The molecule has 0 aliphatic carbocycles. The summed E-state index contributed by atoms with van der Waals surface area (Å²) in [6, 6.07) is 10.8. The van der Waals surface area contributed by atoms with Gasteiger partial charge in [-0.1, -0.05) is 18.6 Å². The Balaban J connectivity index is 1.60. The summed E-state index contributed by atoms with van der Waals surface area (Å²) >= 11 is 0. The number of fused-ring (bicyclic) bond motifs is 1. The van der Waals surface area contributed by atoms with Crippen molar-refractivity contribution in [3.05, 3.63) is 58.1 Å². The third kappa shape index (κ3) is 5.36. The Kier molecular flexibility index (Phi) is 7.28. The largest absolute Gasteiger partial charge is 0.493 e. The van der Waals surface area contributed by atoms with Gasteiger partial charge in [0.2, 0.25) is 6.36 Å². The fraction of sp³-hybridized carbons (Fsp3) is 0.462. The summed E-state index contributed by atoms with van der Waals surface area (Å²) in [5.41, 5.74) is 1.72. The van der Waals surface area contributed by atoms with Crippen molar-refractivity contribution in [3.8, 4) is 17.2 Å². The number of ether oxygens (including phenoxy) is 2. The van der Waals surface area contributed by atoms with Gasteiger partial charge in [-0.2, -0.15) is 0 Å². The summed E-state index contributed by atoms with van der Waals surface area (Å²) in [6.45, 7) is 8.86. The molecule has 0 saturated carbocycles. The number of halogens is 1. The van der Waals surface area contributed by atoms with Crippen molar-refractivity contribution >= 4 is 10.9 Å². The molecule has 0 bridgehead atoms. The number of piperidine rings is 1. The quantitative estimate of drug-likeness (QED) is 0.452. The summed E-state index contributed by atoms with van der Waals surface area (Å²) in [5.74, 6) is 1.34. The Morgan fingerprint density at radius 2 is 1.91 bits per heavy atom. The van der Waals surface area contributed by atoms with E-state index < -0.39 is 6.36 Å². The zero-order valence-electron chi connectivity index (χ0n) is 19.6. The fourth-order valence-electron chi connectivity index (χ4n) is 4.49. The average Bonchev–Trinajstić information content (AvgIpc) is 2.78. The fourth-order valence-corrected chi connectivity index (χ4v) is 4.49. The Morgan fingerprint density at radius 1 is 1.12 bits per heavy atom. The lowest BCUT2D eigenvalue weighted by molar-refractivity contribution is 0.0855. The Labute approximate surface area is 194 Å². The molecule has 1 aliphatic rings. The number of nitrogens with zero attached hydrogens (tertiary/aromatic N) is 3. The van der Waals surface area contributed by atoms with Crippen LogP contribution in [0.5, 0.6) is 11.5 Å². The van der Waals surface area contributed by atoms with Crippen LogP contribution in [0.4, 0.5) is 4.39 Å². The number of hydrogen-bond acceptors (Lipinski definition) is 5. The molecule has 7 heteroatoms. The maximum Gasteiger partial charge on any atom is 0.266 e. The van der Waals surface area contributed by atoms with Gasteiger partial charge in [-0.3, -0.25) is 9.36 Å². The van der Waals surface area contributed by atoms with E-state index in [0.29, 0.717) is 34.8 Å². The van der Waals surface area contributed by atoms with Gasteiger partial charge in [0.15, 0.2) is 5.75 Å². The van der Waals surface area contributed by atoms with Crippen molar-refractivity contribution in [3.63, 3.8) is 0 Å². The number of hydrogen-bond donors (Lipinski definition) is 0. The normalized spacial score (nSPS) is 15.5. The predicted octanol–water partition coefficient (Wildman–Crippen LogP) is 4.95. The van der Waals surface area contributed by atoms with Crippen LogP contribution in [-0.4, -0.2) is 47.0 Å². The summed E-state index contributed by atoms with van der Waals surface area (Å²) < 4.78 is 26.7. The Hall–Kier alpha value is -2.93. The molecular weight excluding hydrogens is 421 g/mol. The van der Waals surface area contributed by atoms with Gasteiger partial charge < -0.3 is 14.4 Å². The van der Waals surface area contributed by atoms with E-state index in [1.54, 1.807) is 25.1 Å². The van der Waals surface area contributed by atoms with Crippen molar-refractivity contribution in [1.29, 1.82) is 0 Å². The first-order valence-electron chi connectivity index (χ1n) is 11.7. The highest BCUT2D eigenvalue weighted by Crippen LogP contribution is 2.30. The molecule has 0 radical (unpaired) electrons. The highest BCUT2D eigenvalue weighted by Gasteiger charge is 2.17. The maximum atomic E-state index is 13.9. The van der Waals surface area contributed by atoms with Gasteiger partial charge in [0.1, 0.15) is 11.6 Å². The highest BCUT2D eigenvalue weighted by atomic mass is 19.1. The van der Waals surface area contributed by atoms with Crippen LogP contribution in [0.3, 0.4) is 0 Å². The second-order valence-electron chi connectivity index (χ2n) is 8.66. The van der Waals surface area contributed by atoms with E-state index in [-0.39, 0.29) is 11.3 Å². The minimum absolute atomic E-state index is 0.206. The highest BCUT2D eigenvalue weighted by molar-refractivity contribution is 5.81. The van der Waals surface area contributed by atoms with Crippen LogP contribution >= 0.6 is 0 Å². The molecule has 1 fully saturated rings. The van der Waals surface area contributed by atoms with Crippen molar-refractivity contribution in [2.24, 2.45) is 0 Å². The lowest BCUT2D eigenvalue weighted by atomic mass is 10.1. The third-order valence-electron chi connectivity index (χ3n) is 6.07. The van der Waals surface area contributed by atoms with Gasteiger partial charge in [0.25, 0.3) is 5.56 Å². The first-order valence-corrected chi connectivity index (χ1v) is 11.7. The predicted molar refractivity (Wildman–Crippen MR) is 128 cm³/mol. The Bertz CT molecular complexity index is 1170. The molecule has 2 heterocycles. The standard InChI is InChI=1S/C26H32FN3O3/c1-18-9-7-10-22-25(18)26(31)30(20(3)28-22)23-12-11-21(17-24(23)33-19(2)27)32-16-8-15-29-13-5-4-6-14-29/h7,9-12,17,19H,4-6,8,13-16H2,1-3H3. The zero-order chi connectivity index (χ0) is 23.4. The van der Waals surface area contributed by atoms with Crippen LogP contribution in [0.25, 0.3) is 16.6 Å². The van der Waals surface area contributed by atoms with Gasteiger partial charge >= 0.3 is 0 Å². The summed E-state index contributed by atoms with van der Waals surface area (Å²) in [4.78, 5) is 20.5. The second-order valence-corrected chi connectivity index (χ2v) is 8.66. The molecule has 4 rings (SSSR count). The van der Waals surface area contributed by atoms with Crippen LogP contribution in [0.15, 0.2) is 41.2 Å². The molecule has 0 amide bonds. The van der Waals surface area contributed by atoms with Gasteiger partial charge in [-0.15, -0.1) is 0 Å². The van der Waals surface area contributed by atoms with E-state index in [9.17, 15) is 9.18 Å². The van der Waals surface area contributed by atoms with Crippen molar-refractivity contribution in [1.82, 2.24) is 14.5 Å². The molecule has 1 atom stereocenters. The number of likely N-dealkylation sites (tertiary alicyclic amines) is 1. The van der Waals surface area contributed by atoms with E-state index in [1.807, 2.05) is 25.1 Å². The summed E-state index contributed by atoms with van der Waals surface area (Å²) in [7, 11) is 0. The second kappa shape index (κ2) is 10.3. The van der Waals surface area contributed by atoms with Gasteiger partial charge in [0, 0.05) is 19.5 Å². The minimum atomic E-state index is -1.54. The van der Waals surface area contributed by atoms with E-state index in [1.165, 1.54) is 30.8 Å². The topological polar surface area (TPSA) is 56.6 Å². The van der Waals surface area contributed by atoms with Gasteiger partial charge in [-0.25, -0.2) is 9.37 Å². The molecule has 1 aromatic heterocycles. The first-order chi connectivity index (χ1) is 15.9. The molecule has 33 heavy (non-hydrogen) atoms. The molecule has 3 aromatic rings. The number of alkyl halides is 1.